The van der Waals surface area contributed by atoms with E-state index >= 15 is 0 Å². The fraction of sp³-hybridized carbons (Fsp3) is 0.625. The van der Waals surface area contributed by atoms with Crippen LogP contribution in [0.2, 0.25) is 0 Å². The van der Waals surface area contributed by atoms with Crippen molar-refractivity contribution in [3.8, 4) is 17.2 Å². The molecule has 2 aliphatic carbocycles. The molecule has 2 fully saturated rings. The highest BCUT2D eigenvalue weighted by Crippen LogP contribution is 2.57. The molecule has 2 saturated carbocycles. The SMILES string of the molecule is COc1ccc(C(N)C2CC3CC3C2)c(OC)c1OC. The van der Waals surface area contributed by atoms with Crippen LogP contribution in [0.5, 0.6) is 17.2 Å². The van der Waals surface area contributed by atoms with E-state index in [1.54, 1.807) is 21.3 Å². The molecule has 4 heteroatoms. The van der Waals surface area contributed by atoms with Gasteiger partial charge in [0.1, 0.15) is 0 Å². The zero-order valence-corrected chi connectivity index (χ0v) is 12.4. The third-order valence-corrected chi connectivity index (χ3v) is 4.88. The van der Waals surface area contributed by atoms with Crippen LogP contribution in [0.3, 0.4) is 0 Å². The molecule has 0 aromatic heterocycles. The molecule has 1 aromatic rings. The maximum Gasteiger partial charge on any atom is 0.203 e. The Morgan fingerprint density at radius 2 is 1.60 bits per heavy atom. The number of fused-ring (bicyclic) bond motifs is 1. The second kappa shape index (κ2) is 5.17. The summed E-state index contributed by atoms with van der Waals surface area (Å²) in [6.45, 7) is 0. The molecule has 3 atom stereocenters. The smallest absolute Gasteiger partial charge is 0.203 e. The summed E-state index contributed by atoms with van der Waals surface area (Å²) in [5.41, 5.74) is 7.52. The van der Waals surface area contributed by atoms with Crippen molar-refractivity contribution in [1.29, 1.82) is 0 Å². The van der Waals surface area contributed by atoms with Crippen LogP contribution in [-0.2, 0) is 0 Å². The molecular formula is C16H23NO3. The molecule has 0 radical (unpaired) electrons. The molecule has 0 bridgehead atoms. The summed E-state index contributed by atoms with van der Waals surface area (Å²) in [6, 6.07) is 3.93. The Balaban J connectivity index is 1.91. The molecular weight excluding hydrogens is 254 g/mol. The van der Waals surface area contributed by atoms with Crippen LogP contribution in [-0.4, -0.2) is 21.3 Å². The minimum Gasteiger partial charge on any atom is -0.493 e. The first-order chi connectivity index (χ1) is 9.69. The van der Waals surface area contributed by atoms with Gasteiger partial charge in [-0.1, -0.05) is 0 Å². The highest BCUT2D eigenvalue weighted by Gasteiger charge is 2.47. The highest BCUT2D eigenvalue weighted by molar-refractivity contribution is 5.56. The molecule has 0 saturated heterocycles. The molecule has 0 amide bonds. The third kappa shape index (κ3) is 2.12. The van der Waals surface area contributed by atoms with Crippen molar-refractivity contribution in [1.82, 2.24) is 0 Å². The standard InChI is InChI=1S/C16H23NO3/c1-18-13-5-4-12(15(19-2)16(13)20-3)14(17)11-7-9-6-10(9)8-11/h4-5,9-11,14H,6-8,17H2,1-3H3. The van der Waals surface area contributed by atoms with Gasteiger partial charge in [0.15, 0.2) is 11.5 Å². The summed E-state index contributed by atoms with van der Waals surface area (Å²) in [5, 5.41) is 0. The Kier molecular flexibility index (Phi) is 3.50. The molecule has 0 spiro atoms. The molecule has 3 unspecified atom stereocenters. The molecule has 0 heterocycles. The number of rotatable bonds is 5. The van der Waals surface area contributed by atoms with Gasteiger partial charge in [-0.05, 0) is 49.1 Å². The van der Waals surface area contributed by atoms with Gasteiger partial charge < -0.3 is 19.9 Å². The Morgan fingerprint density at radius 1 is 0.950 bits per heavy atom. The van der Waals surface area contributed by atoms with E-state index in [-0.39, 0.29) is 6.04 Å². The van der Waals surface area contributed by atoms with Gasteiger partial charge in [0.2, 0.25) is 5.75 Å². The average molecular weight is 277 g/mol. The van der Waals surface area contributed by atoms with Gasteiger partial charge in [0.05, 0.1) is 21.3 Å². The van der Waals surface area contributed by atoms with Gasteiger partial charge in [-0.25, -0.2) is 0 Å². The van der Waals surface area contributed by atoms with E-state index in [0.717, 1.165) is 17.4 Å². The van der Waals surface area contributed by atoms with Crippen LogP contribution < -0.4 is 19.9 Å². The van der Waals surface area contributed by atoms with Gasteiger partial charge in [-0.3, -0.25) is 0 Å². The largest absolute Gasteiger partial charge is 0.493 e. The zero-order valence-electron chi connectivity index (χ0n) is 12.4. The Morgan fingerprint density at radius 3 is 2.15 bits per heavy atom. The number of nitrogens with two attached hydrogens (primary N) is 1. The van der Waals surface area contributed by atoms with Crippen LogP contribution >= 0.6 is 0 Å². The van der Waals surface area contributed by atoms with Crippen LogP contribution in [0.25, 0.3) is 0 Å². The normalized spacial score (nSPS) is 28.7. The highest BCUT2D eigenvalue weighted by atomic mass is 16.5. The van der Waals surface area contributed by atoms with E-state index in [0.29, 0.717) is 23.2 Å². The van der Waals surface area contributed by atoms with Crippen LogP contribution in [0, 0.1) is 17.8 Å². The lowest BCUT2D eigenvalue weighted by atomic mass is 9.89. The fourth-order valence-electron chi connectivity index (χ4n) is 3.70. The number of ether oxygens (including phenoxy) is 3. The maximum absolute atomic E-state index is 6.50. The van der Waals surface area contributed by atoms with Crippen LogP contribution in [0.1, 0.15) is 30.9 Å². The summed E-state index contributed by atoms with van der Waals surface area (Å²) in [4.78, 5) is 0. The van der Waals surface area contributed by atoms with Gasteiger partial charge in [0.25, 0.3) is 0 Å². The summed E-state index contributed by atoms with van der Waals surface area (Å²) in [6.07, 6.45) is 3.92. The minimum atomic E-state index is 0.0116. The fourth-order valence-corrected chi connectivity index (χ4v) is 3.70. The van der Waals surface area contributed by atoms with Crippen LogP contribution in [0.15, 0.2) is 12.1 Å². The molecule has 4 nitrogen and oxygen atoms in total. The van der Waals surface area contributed by atoms with E-state index in [4.69, 9.17) is 19.9 Å². The Bertz CT molecular complexity index is 493. The van der Waals surface area contributed by atoms with Crippen molar-refractivity contribution in [3.05, 3.63) is 17.7 Å². The lowest BCUT2D eigenvalue weighted by Gasteiger charge is -2.24. The summed E-state index contributed by atoms with van der Waals surface area (Å²) < 4.78 is 16.3. The van der Waals surface area contributed by atoms with Crippen molar-refractivity contribution < 1.29 is 14.2 Å². The van der Waals surface area contributed by atoms with Crippen molar-refractivity contribution in [2.75, 3.05) is 21.3 Å². The molecule has 1 aromatic carbocycles. The van der Waals surface area contributed by atoms with E-state index in [1.807, 2.05) is 12.1 Å². The molecule has 2 aliphatic rings. The number of hydrogen-bond donors (Lipinski definition) is 1. The number of benzene rings is 1. The predicted octanol–water partition coefficient (Wildman–Crippen LogP) is 2.76. The lowest BCUT2D eigenvalue weighted by Crippen LogP contribution is -2.21. The first-order valence-corrected chi connectivity index (χ1v) is 7.24. The predicted molar refractivity (Wildman–Crippen MR) is 77.3 cm³/mol. The number of methoxy groups -OCH3 is 3. The number of hydrogen-bond acceptors (Lipinski definition) is 4. The molecule has 0 aliphatic heterocycles. The van der Waals surface area contributed by atoms with Crippen molar-refractivity contribution in [2.45, 2.75) is 25.3 Å². The minimum absolute atomic E-state index is 0.0116. The second-order valence-electron chi connectivity index (χ2n) is 5.94. The van der Waals surface area contributed by atoms with E-state index < -0.39 is 0 Å². The second-order valence-corrected chi connectivity index (χ2v) is 5.94. The van der Waals surface area contributed by atoms with Gasteiger partial charge in [-0.15, -0.1) is 0 Å². The summed E-state index contributed by atoms with van der Waals surface area (Å²) in [7, 11) is 4.90. The first-order valence-electron chi connectivity index (χ1n) is 7.24. The van der Waals surface area contributed by atoms with Gasteiger partial charge in [-0.2, -0.15) is 0 Å². The molecule has 20 heavy (non-hydrogen) atoms. The Labute approximate surface area is 120 Å². The van der Waals surface area contributed by atoms with E-state index in [9.17, 15) is 0 Å². The molecule has 3 rings (SSSR count). The zero-order chi connectivity index (χ0) is 14.3. The van der Waals surface area contributed by atoms with E-state index in [1.165, 1.54) is 19.3 Å². The molecule has 110 valence electrons. The van der Waals surface area contributed by atoms with E-state index in [2.05, 4.69) is 0 Å². The maximum atomic E-state index is 6.50. The quantitative estimate of drug-likeness (QED) is 0.899. The van der Waals surface area contributed by atoms with Crippen molar-refractivity contribution in [3.63, 3.8) is 0 Å². The Hall–Kier alpha value is -1.42. The summed E-state index contributed by atoms with van der Waals surface area (Å²) in [5.74, 6) is 4.43. The lowest BCUT2D eigenvalue weighted by molar-refractivity contribution is 0.315. The topological polar surface area (TPSA) is 53.7 Å². The third-order valence-electron chi connectivity index (χ3n) is 4.88. The first kappa shape index (κ1) is 13.6. The average Bonchev–Trinajstić information content (AvgIpc) is 3.10. The summed E-state index contributed by atoms with van der Waals surface area (Å²) >= 11 is 0. The van der Waals surface area contributed by atoms with Crippen molar-refractivity contribution >= 4 is 0 Å². The van der Waals surface area contributed by atoms with Gasteiger partial charge in [0, 0.05) is 11.6 Å². The monoisotopic (exact) mass is 277 g/mol. The molecule has 2 N–H and O–H groups in total. The van der Waals surface area contributed by atoms with Crippen LogP contribution in [0.4, 0.5) is 0 Å². The van der Waals surface area contributed by atoms with Gasteiger partial charge >= 0.3 is 0 Å². The van der Waals surface area contributed by atoms with Crippen molar-refractivity contribution in [2.24, 2.45) is 23.5 Å².